The zero-order valence-corrected chi connectivity index (χ0v) is 73.4. The molecule has 10 unspecified atom stereocenters. The van der Waals surface area contributed by atoms with E-state index in [2.05, 4.69) is 30.1 Å². The van der Waals surface area contributed by atoms with E-state index in [-0.39, 0.29) is 62.8 Å². The molecule has 5 aliphatic rings. The van der Waals surface area contributed by atoms with Crippen LogP contribution >= 0.6 is 0 Å². The maximum atomic E-state index is 15.2. The Hall–Kier alpha value is -12.4. The molecule has 35 nitrogen and oxygen atoms in total. The largest absolute Gasteiger partial charge is 0.467 e. The first kappa shape index (κ1) is 96.7. The molecule has 133 heavy (non-hydrogen) atoms. The molecule has 0 aromatic heterocycles. The highest BCUT2D eigenvalue weighted by Gasteiger charge is 2.61. The van der Waals surface area contributed by atoms with Crippen molar-refractivity contribution in [2.75, 3.05) is 34.5 Å². The average molecular weight is 1820 g/mol. The molecule has 5 aliphatic heterocycles. The minimum Gasteiger partial charge on any atom is -0.467 e. The van der Waals surface area contributed by atoms with Gasteiger partial charge in [-0.2, -0.15) is 0 Å². The van der Waals surface area contributed by atoms with E-state index in [1.165, 1.54) is 19.2 Å². The quantitative estimate of drug-likeness (QED) is 0.0113. The molecule has 0 bridgehead atoms. The summed E-state index contributed by atoms with van der Waals surface area (Å²) in [6, 6.07) is 74.5. The zero-order chi connectivity index (χ0) is 92.8. The standard InChI is InChI=1S/C98H103N9O26/c1-6-70-76(128-97-87(121-57-66-44-26-12-27-45-66)81(119-55-64-40-22-10-23-41-64)83(85(132-97)92(111)113-3)131-96-75(104-107-101)79(117-53-62-36-18-8-19-37-62)77(116-52-61-34-16-7-17-35-61)71(126-96)58-122-89(108)67-46-28-13-29-47-67)60(2)73(102-105-99)95(124-70)130-84-82(120-56-65-42-24-11-25-43-65)88(127-91(110)69-50-32-15-33-51-69)98(133-86(84)93(112)114-4)129-78-72(59-123-90(109)68-48-30-14-31-49-68)125-94(115-5)74(103-106-100)80(78)118-54-63-38-20-9-21-39-63/h7-51,60,70-88,94-98H,6,52-59H2,1-5H3/t60?,70?,71?,72?,73-,74-,75?,76-,77-,78+,79-,80?,81+,82+,83-,84-,85?,86?,87?,88?,94-,95+,96+,97+,98+/m0/s1. The Morgan fingerprint density at radius 2 is 0.602 bits per heavy atom. The van der Waals surface area contributed by atoms with Gasteiger partial charge in [-0.25, -0.2) is 24.0 Å². The molecule has 0 amide bonds. The van der Waals surface area contributed by atoms with E-state index in [1.807, 2.05) is 127 Å². The second-order valence-corrected chi connectivity index (χ2v) is 31.7. The summed E-state index contributed by atoms with van der Waals surface area (Å²) >= 11 is 0. The number of hydrogen-bond acceptors (Lipinski definition) is 29. The summed E-state index contributed by atoms with van der Waals surface area (Å²) in [6.45, 7) is 1.55. The number of nitrogens with zero attached hydrogens (tertiary/aromatic N) is 9. The van der Waals surface area contributed by atoms with Crippen LogP contribution < -0.4 is 0 Å². The Bertz CT molecular complexity index is 5310. The number of benzene rings is 9. The summed E-state index contributed by atoms with van der Waals surface area (Å²) in [5, 5.41) is 12.8. The highest BCUT2D eigenvalue weighted by atomic mass is 16.8. The van der Waals surface area contributed by atoms with Crippen molar-refractivity contribution in [3.63, 3.8) is 0 Å². The van der Waals surface area contributed by atoms with Crippen molar-refractivity contribution in [3.05, 3.63) is 354 Å². The summed E-state index contributed by atoms with van der Waals surface area (Å²) in [4.78, 5) is 83.4. The van der Waals surface area contributed by atoms with Gasteiger partial charge >= 0.3 is 29.8 Å². The molecule has 0 aliphatic carbocycles. The molecular formula is C98H103N9O26. The maximum absolute atomic E-state index is 15.2. The van der Waals surface area contributed by atoms with Crippen LogP contribution in [-0.2, 0) is 149 Å². The summed E-state index contributed by atoms with van der Waals surface area (Å²) in [5.41, 5.74) is 36.4. The fourth-order valence-electron chi connectivity index (χ4n) is 16.5. The van der Waals surface area contributed by atoms with Gasteiger partial charge in [-0.05, 0) is 98.7 Å². The maximum Gasteiger partial charge on any atom is 0.338 e. The van der Waals surface area contributed by atoms with Gasteiger partial charge in [0.25, 0.3) is 0 Å². The van der Waals surface area contributed by atoms with Crippen LogP contribution in [0.1, 0.15) is 84.7 Å². The molecule has 0 saturated carbocycles. The minimum absolute atomic E-state index is 0.0236. The van der Waals surface area contributed by atoms with Gasteiger partial charge in [0, 0.05) is 21.8 Å². The third-order valence-corrected chi connectivity index (χ3v) is 23.2. The van der Waals surface area contributed by atoms with Crippen LogP contribution in [0.5, 0.6) is 0 Å². The SMILES string of the molecule is CCC1O[C@H](O[C@@H]2C(C(=O)OC)O[C@@H](O[C@@H]3C(COC(=O)c4ccccc4)O[C@H](OC)[C@@H](N=[N+]=[N-])C3OCc3ccccc3)C(OC(=O)c3ccccc3)[C@@H]2OCc2ccccc2)[C@@H](N=[N+]=[N-])C(C)[C@@H]1O[C@@H]1OC(C(=O)OC)[C@@H](O[C@H]2OC(COC(=O)c3ccccc3)[C@H](OCc3ccccc3)[C@@H](OCc3ccccc3)C2N=[N+]=[N-])[C@@H](OCc2ccccc2)C1OCc1ccccc1. The lowest BCUT2D eigenvalue weighted by Crippen LogP contribution is -2.68. The van der Waals surface area contributed by atoms with Crippen molar-refractivity contribution in [2.45, 2.75) is 207 Å². The van der Waals surface area contributed by atoms with Crippen molar-refractivity contribution < 1.29 is 123 Å². The lowest BCUT2D eigenvalue weighted by molar-refractivity contribution is -0.378. The normalized spacial score (nSPS) is 28.4. The number of rotatable bonds is 41. The van der Waals surface area contributed by atoms with Crippen molar-refractivity contribution in [3.8, 4) is 0 Å². The molecule has 5 saturated heterocycles. The fourth-order valence-corrected chi connectivity index (χ4v) is 16.5. The lowest BCUT2D eigenvalue weighted by Gasteiger charge is -2.51. The number of carbonyl (C=O) groups is 5. The lowest BCUT2D eigenvalue weighted by atomic mass is 9.87. The molecule has 0 spiro atoms. The van der Waals surface area contributed by atoms with Gasteiger partial charge < -0.3 is 99.5 Å². The van der Waals surface area contributed by atoms with E-state index in [0.717, 1.165) is 25.3 Å². The van der Waals surface area contributed by atoms with E-state index in [0.29, 0.717) is 22.3 Å². The first-order valence-electron chi connectivity index (χ1n) is 43.5. The minimum atomic E-state index is -1.98. The van der Waals surface area contributed by atoms with Crippen LogP contribution in [0.25, 0.3) is 31.3 Å². The van der Waals surface area contributed by atoms with E-state index in [9.17, 15) is 26.2 Å². The van der Waals surface area contributed by atoms with E-state index >= 15 is 14.4 Å². The van der Waals surface area contributed by atoms with Gasteiger partial charge in [0.2, 0.25) is 0 Å². The predicted molar refractivity (Wildman–Crippen MR) is 471 cm³/mol. The summed E-state index contributed by atoms with van der Waals surface area (Å²) in [6.07, 6.45) is -32.9. The number of carbonyl (C=O) groups excluding carboxylic acids is 5. The van der Waals surface area contributed by atoms with Gasteiger partial charge in [0.1, 0.15) is 92.4 Å². The van der Waals surface area contributed by atoms with Crippen molar-refractivity contribution >= 4 is 29.8 Å². The molecule has 9 aromatic carbocycles. The molecule has 696 valence electrons. The first-order chi connectivity index (χ1) is 65.2. The van der Waals surface area contributed by atoms with E-state index < -0.39 is 196 Å². The molecule has 14 rings (SSSR count). The molecule has 9 aromatic rings. The van der Waals surface area contributed by atoms with E-state index in [4.69, 9.17) is 99.5 Å². The summed E-state index contributed by atoms with van der Waals surface area (Å²) < 4.78 is 141. The van der Waals surface area contributed by atoms with Crippen LogP contribution in [0, 0.1) is 5.92 Å². The predicted octanol–water partition coefficient (Wildman–Crippen LogP) is 14.7. The number of ether oxygens (including phenoxy) is 21. The Labute approximate surface area is 767 Å². The molecule has 5 fully saturated rings. The van der Waals surface area contributed by atoms with E-state index in [1.54, 1.807) is 147 Å². The van der Waals surface area contributed by atoms with Gasteiger partial charge in [0.15, 0.2) is 49.8 Å². The molecule has 0 N–H and O–H groups in total. The second kappa shape index (κ2) is 48.9. The van der Waals surface area contributed by atoms with Crippen LogP contribution in [-0.4, -0.2) is 212 Å². The fraction of sp³-hybridized carbons (Fsp3) is 0.398. The Morgan fingerprint density at radius 3 is 0.985 bits per heavy atom. The Kier molecular flexibility index (Phi) is 35.5. The highest BCUT2D eigenvalue weighted by Crippen LogP contribution is 2.44. The Balaban J connectivity index is 0.834. The summed E-state index contributed by atoms with van der Waals surface area (Å²) in [5.74, 6) is -5.61. The van der Waals surface area contributed by atoms with Crippen LogP contribution in [0.15, 0.2) is 288 Å². The number of methoxy groups -OCH3 is 3. The topological polar surface area (TPSA) is 425 Å². The molecular weight excluding hydrogens is 1720 g/mol. The smallest absolute Gasteiger partial charge is 0.338 e. The van der Waals surface area contributed by atoms with Crippen molar-refractivity contribution in [2.24, 2.45) is 21.3 Å². The number of esters is 5. The Morgan fingerprint density at radius 1 is 0.308 bits per heavy atom. The third-order valence-electron chi connectivity index (χ3n) is 23.2. The highest BCUT2D eigenvalue weighted by molar-refractivity contribution is 5.90. The third kappa shape index (κ3) is 25.1. The van der Waals surface area contributed by atoms with Gasteiger partial charge in [-0.1, -0.05) is 266 Å². The van der Waals surface area contributed by atoms with Crippen molar-refractivity contribution in [1.29, 1.82) is 0 Å². The molecule has 0 radical (unpaired) electrons. The average Bonchev–Trinajstić information content (AvgIpc) is 0.754. The monoisotopic (exact) mass is 1820 g/mol. The summed E-state index contributed by atoms with van der Waals surface area (Å²) in [7, 11) is 3.55. The molecule has 5 heterocycles. The second-order valence-electron chi connectivity index (χ2n) is 31.7. The van der Waals surface area contributed by atoms with Crippen LogP contribution in [0.4, 0.5) is 0 Å². The first-order valence-corrected chi connectivity index (χ1v) is 43.5. The van der Waals surface area contributed by atoms with Crippen LogP contribution in [0.2, 0.25) is 0 Å². The van der Waals surface area contributed by atoms with Gasteiger partial charge in [0.05, 0.1) is 88.8 Å². The zero-order valence-electron chi connectivity index (χ0n) is 73.4. The number of azide groups is 3. The molecule has 25 atom stereocenters. The van der Waals surface area contributed by atoms with Gasteiger partial charge in [-0.15, -0.1) is 0 Å². The number of hydrogen-bond donors (Lipinski definition) is 0. The van der Waals surface area contributed by atoms with Gasteiger partial charge in [-0.3, -0.25) is 0 Å². The molecule has 35 heteroatoms. The van der Waals surface area contributed by atoms with Crippen LogP contribution in [0.3, 0.4) is 0 Å². The van der Waals surface area contributed by atoms with Crippen molar-refractivity contribution in [1.82, 2.24) is 0 Å².